The molecule has 1 aromatic carbocycles. The molecule has 1 nitrogen and oxygen atoms in total. The van der Waals surface area contributed by atoms with Gasteiger partial charge in [-0.25, -0.2) is 0 Å². The predicted molar refractivity (Wildman–Crippen MR) is 62.5 cm³/mol. The summed E-state index contributed by atoms with van der Waals surface area (Å²) in [5, 5.41) is 0. The van der Waals surface area contributed by atoms with Gasteiger partial charge in [0.25, 0.3) is 0 Å². The molecule has 0 radical (unpaired) electrons. The van der Waals surface area contributed by atoms with E-state index in [1.807, 2.05) is 12.1 Å². The van der Waals surface area contributed by atoms with Crippen LogP contribution in [0.5, 0.6) is 5.75 Å². The third-order valence-electron chi connectivity index (χ3n) is 2.93. The van der Waals surface area contributed by atoms with E-state index in [1.165, 1.54) is 24.1 Å². The summed E-state index contributed by atoms with van der Waals surface area (Å²) in [6, 6.07) is 12.0. The number of benzene rings is 1. The van der Waals surface area contributed by atoms with Crippen LogP contribution in [0.2, 0.25) is 12.1 Å². The lowest BCUT2D eigenvalue weighted by Crippen LogP contribution is -2.37. The number of halogens is 1. The number of methoxy groups -OCH3 is 1. The first-order chi connectivity index (χ1) is 6.72. The fourth-order valence-electron chi connectivity index (χ4n) is 1.85. The van der Waals surface area contributed by atoms with Crippen molar-refractivity contribution in [2.75, 3.05) is 7.11 Å². The van der Waals surface area contributed by atoms with Crippen LogP contribution in [-0.4, -0.2) is 14.5 Å². The van der Waals surface area contributed by atoms with Crippen LogP contribution in [0, 0.1) is 0 Å². The van der Waals surface area contributed by atoms with E-state index < -0.39 is 7.38 Å². The Labute approximate surface area is 90.8 Å². The van der Waals surface area contributed by atoms with Crippen LogP contribution < -0.4 is 4.74 Å². The van der Waals surface area contributed by atoms with Crippen molar-refractivity contribution in [3.05, 3.63) is 29.8 Å². The van der Waals surface area contributed by atoms with Crippen molar-refractivity contribution in [1.82, 2.24) is 0 Å². The van der Waals surface area contributed by atoms with Crippen LogP contribution in [0.15, 0.2) is 24.3 Å². The lowest BCUT2D eigenvalue weighted by molar-refractivity contribution is 0.414. The van der Waals surface area contributed by atoms with Crippen LogP contribution in [0.25, 0.3) is 0 Å². The van der Waals surface area contributed by atoms with Gasteiger partial charge in [0.15, 0.2) is 7.38 Å². The fourth-order valence-corrected chi connectivity index (χ4v) is 5.55. The maximum absolute atomic E-state index is 6.52. The average molecular weight is 227 g/mol. The molecule has 0 unspecified atom stereocenters. The molecule has 0 aliphatic carbocycles. The second-order valence-corrected chi connectivity index (χ2v) is 10.1. The monoisotopic (exact) mass is 226 g/mol. The Morgan fingerprint density at radius 3 is 2.36 bits per heavy atom. The minimum Gasteiger partial charge on any atom is -0.497 e. The van der Waals surface area contributed by atoms with Gasteiger partial charge >= 0.3 is 0 Å². The minimum absolute atomic E-state index is 0.924. The van der Waals surface area contributed by atoms with Crippen molar-refractivity contribution in [2.45, 2.75) is 24.6 Å². The highest BCUT2D eigenvalue weighted by Crippen LogP contribution is 2.38. The third kappa shape index (κ3) is 2.12. The van der Waals surface area contributed by atoms with E-state index in [1.54, 1.807) is 7.11 Å². The molecular weight excluding hydrogens is 212 g/mol. The van der Waals surface area contributed by atoms with E-state index in [0.29, 0.717) is 0 Å². The summed E-state index contributed by atoms with van der Waals surface area (Å²) in [6.45, 7) is 0. The summed E-state index contributed by atoms with van der Waals surface area (Å²) >= 11 is 6.52. The molecule has 0 spiro atoms. The molecular formula is C11H15ClOSi. The topological polar surface area (TPSA) is 9.23 Å². The summed E-state index contributed by atoms with van der Waals surface area (Å²) in [5.41, 5.74) is 1.37. The largest absolute Gasteiger partial charge is 0.497 e. The van der Waals surface area contributed by atoms with E-state index >= 15 is 0 Å². The molecule has 0 aromatic heterocycles. The Bertz CT molecular complexity index is 306. The van der Waals surface area contributed by atoms with E-state index in [0.717, 1.165) is 11.8 Å². The number of ether oxygens (including phenoxy) is 1. The van der Waals surface area contributed by atoms with Gasteiger partial charge in [-0.2, -0.15) is 11.1 Å². The van der Waals surface area contributed by atoms with Crippen molar-refractivity contribution in [1.29, 1.82) is 0 Å². The van der Waals surface area contributed by atoms with Gasteiger partial charge in [-0.3, -0.25) is 0 Å². The number of hydrogen-bond acceptors (Lipinski definition) is 1. The molecule has 14 heavy (non-hydrogen) atoms. The van der Waals surface area contributed by atoms with E-state index in [9.17, 15) is 0 Å². The summed E-state index contributed by atoms with van der Waals surface area (Å²) in [4.78, 5) is 0. The minimum atomic E-state index is -1.33. The van der Waals surface area contributed by atoms with Crippen LogP contribution in [0.1, 0.15) is 12.0 Å². The predicted octanol–water partition coefficient (Wildman–Crippen LogP) is 3.36. The van der Waals surface area contributed by atoms with Gasteiger partial charge in [-0.1, -0.05) is 18.6 Å². The lowest BCUT2D eigenvalue weighted by atomic mass is 10.2. The summed E-state index contributed by atoms with van der Waals surface area (Å²) in [7, 11) is 0.359. The van der Waals surface area contributed by atoms with Crippen LogP contribution in [0.3, 0.4) is 0 Å². The zero-order chi connectivity index (χ0) is 10.0. The van der Waals surface area contributed by atoms with Gasteiger partial charge in [0.2, 0.25) is 0 Å². The Balaban J connectivity index is 2.02. The van der Waals surface area contributed by atoms with Crippen molar-refractivity contribution in [2.24, 2.45) is 0 Å². The summed E-state index contributed by atoms with van der Waals surface area (Å²) < 4.78 is 5.12. The number of rotatable bonds is 3. The van der Waals surface area contributed by atoms with Crippen LogP contribution in [0.4, 0.5) is 0 Å². The van der Waals surface area contributed by atoms with Gasteiger partial charge < -0.3 is 4.74 Å². The van der Waals surface area contributed by atoms with Gasteiger partial charge in [-0.15, -0.1) is 0 Å². The first-order valence-electron chi connectivity index (χ1n) is 5.04. The molecule has 0 saturated carbocycles. The molecule has 0 amide bonds. The Hall–Kier alpha value is -0.473. The van der Waals surface area contributed by atoms with Crippen LogP contribution >= 0.6 is 11.1 Å². The van der Waals surface area contributed by atoms with Crippen molar-refractivity contribution >= 4 is 18.5 Å². The van der Waals surface area contributed by atoms with Crippen molar-refractivity contribution in [3.8, 4) is 5.75 Å². The van der Waals surface area contributed by atoms with E-state index in [2.05, 4.69) is 12.1 Å². The average Bonchev–Trinajstić information content (AvgIpc) is 2.17. The van der Waals surface area contributed by atoms with Crippen molar-refractivity contribution in [3.63, 3.8) is 0 Å². The Morgan fingerprint density at radius 2 is 1.93 bits per heavy atom. The van der Waals surface area contributed by atoms with Gasteiger partial charge in [0.05, 0.1) is 7.11 Å². The highest BCUT2D eigenvalue weighted by molar-refractivity contribution is 7.21. The summed E-state index contributed by atoms with van der Waals surface area (Å²) in [5.74, 6) is 0.924. The second kappa shape index (κ2) is 3.95. The lowest BCUT2D eigenvalue weighted by Gasteiger charge is -2.33. The van der Waals surface area contributed by atoms with Gasteiger partial charge in [0, 0.05) is 0 Å². The van der Waals surface area contributed by atoms with E-state index in [4.69, 9.17) is 15.8 Å². The molecule has 0 bridgehead atoms. The molecule has 2 rings (SSSR count). The fraction of sp³-hybridized carbons (Fsp3) is 0.455. The molecule has 76 valence electrons. The first kappa shape index (κ1) is 10.1. The molecule has 1 aromatic rings. The standard InChI is InChI=1S/C11H15ClOSi/c1-13-11-5-3-10(4-6-11)9-14(12)7-2-8-14/h3-6H,2,7-9H2,1H3. The molecule has 1 heterocycles. The molecule has 1 aliphatic rings. The first-order valence-corrected chi connectivity index (χ1v) is 8.67. The molecule has 1 aliphatic heterocycles. The normalized spacial score (nSPS) is 18.7. The molecule has 0 N–H and O–H groups in total. The maximum Gasteiger partial charge on any atom is 0.160 e. The SMILES string of the molecule is COc1ccc(C[Si]2(Cl)CCC2)cc1. The Kier molecular flexibility index (Phi) is 2.84. The second-order valence-electron chi connectivity index (χ2n) is 4.03. The van der Waals surface area contributed by atoms with E-state index in [-0.39, 0.29) is 0 Å². The highest BCUT2D eigenvalue weighted by Gasteiger charge is 2.37. The highest BCUT2D eigenvalue weighted by atomic mass is 35.6. The molecule has 0 atom stereocenters. The van der Waals surface area contributed by atoms with Gasteiger partial charge in [-0.05, 0) is 35.8 Å². The van der Waals surface area contributed by atoms with Crippen LogP contribution in [-0.2, 0) is 6.04 Å². The Morgan fingerprint density at radius 1 is 1.29 bits per heavy atom. The zero-order valence-corrected chi connectivity index (χ0v) is 10.2. The molecule has 3 heteroatoms. The molecule has 1 saturated heterocycles. The zero-order valence-electron chi connectivity index (χ0n) is 8.42. The van der Waals surface area contributed by atoms with Crippen molar-refractivity contribution < 1.29 is 4.74 Å². The smallest absolute Gasteiger partial charge is 0.160 e. The maximum atomic E-state index is 6.52. The van der Waals surface area contributed by atoms with Gasteiger partial charge in [0.1, 0.15) is 5.75 Å². The number of hydrogen-bond donors (Lipinski definition) is 0. The third-order valence-corrected chi connectivity index (χ3v) is 8.01. The summed E-state index contributed by atoms with van der Waals surface area (Å²) in [6.07, 6.45) is 1.34. The quantitative estimate of drug-likeness (QED) is 0.567. The molecule has 1 fully saturated rings.